The van der Waals surface area contributed by atoms with Crippen LogP contribution in [0.5, 0.6) is 0 Å². The molecule has 2 unspecified atom stereocenters. The van der Waals surface area contributed by atoms with E-state index in [1.54, 1.807) is 5.57 Å². The van der Waals surface area contributed by atoms with E-state index in [1.165, 1.54) is 32.1 Å². The third-order valence-corrected chi connectivity index (χ3v) is 7.29. The fraction of sp³-hybridized carbons (Fsp3) is 0.900. The molecule has 120 valence electrons. The van der Waals surface area contributed by atoms with Crippen molar-refractivity contribution in [2.75, 3.05) is 0 Å². The van der Waals surface area contributed by atoms with Gasteiger partial charge in [-0.3, -0.25) is 0 Å². The first-order chi connectivity index (χ1) is 9.80. The van der Waals surface area contributed by atoms with Crippen LogP contribution in [0.1, 0.15) is 73.6 Å². The lowest BCUT2D eigenvalue weighted by atomic mass is 9.46. The first-order valence-corrected chi connectivity index (χ1v) is 9.11. The highest BCUT2D eigenvalue weighted by Crippen LogP contribution is 2.67. The molecule has 0 bridgehead atoms. The number of rotatable bonds is 3. The molecule has 1 heterocycles. The maximum Gasteiger partial charge on any atom is 0.0901 e. The molecule has 2 aliphatic carbocycles. The van der Waals surface area contributed by atoms with Crippen LogP contribution in [-0.4, -0.2) is 12.2 Å². The Kier molecular flexibility index (Phi) is 3.80. The highest BCUT2D eigenvalue weighted by Gasteiger charge is 2.67. The smallest absolute Gasteiger partial charge is 0.0901 e. The van der Waals surface area contributed by atoms with Gasteiger partial charge in [0.1, 0.15) is 0 Å². The summed E-state index contributed by atoms with van der Waals surface area (Å²) in [5, 5.41) is 0. The summed E-state index contributed by atoms with van der Waals surface area (Å²) < 4.78 is 6.18. The molecule has 21 heavy (non-hydrogen) atoms. The van der Waals surface area contributed by atoms with E-state index < -0.39 is 0 Å². The summed E-state index contributed by atoms with van der Waals surface area (Å²) in [6.45, 7) is 14.6. The highest BCUT2D eigenvalue weighted by molar-refractivity contribution is 5.16. The Morgan fingerprint density at radius 2 is 1.95 bits per heavy atom. The molecule has 3 aliphatic rings. The SMILES string of the molecule is CCC(C)=CC[C@H]1[C@@H](C)CC[C@H]2C(C)(C)CC3OC3[C@]12C. The van der Waals surface area contributed by atoms with Crippen molar-refractivity contribution in [2.24, 2.45) is 28.6 Å². The molecule has 6 atom stereocenters. The van der Waals surface area contributed by atoms with E-state index in [0.29, 0.717) is 23.0 Å². The van der Waals surface area contributed by atoms with Gasteiger partial charge in [-0.25, -0.2) is 0 Å². The molecule has 1 nitrogen and oxygen atoms in total. The van der Waals surface area contributed by atoms with Crippen LogP contribution >= 0.6 is 0 Å². The molecule has 0 aromatic heterocycles. The second-order valence-electron chi connectivity index (χ2n) is 9.01. The average molecular weight is 290 g/mol. The Morgan fingerprint density at radius 1 is 1.24 bits per heavy atom. The number of hydrogen-bond donors (Lipinski definition) is 0. The minimum atomic E-state index is 0.397. The summed E-state index contributed by atoms with van der Waals surface area (Å²) in [6, 6.07) is 0. The molecule has 1 saturated heterocycles. The Labute approximate surface area is 131 Å². The zero-order chi connectivity index (χ0) is 15.4. The first kappa shape index (κ1) is 15.6. The van der Waals surface area contributed by atoms with Crippen LogP contribution in [0.15, 0.2) is 11.6 Å². The van der Waals surface area contributed by atoms with Crippen molar-refractivity contribution in [3.05, 3.63) is 11.6 Å². The van der Waals surface area contributed by atoms with Crippen molar-refractivity contribution in [1.82, 2.24) is 0 Å². The number of allylic oxidation sites excluding steroid dienone is 2. The van der Waals surface area contributed by atoms with Gasteiger partial charge >= 0.3 is 0 Å². The molecule has 1 heteroatoms. The van der Waals surface area contributed by atoms with Crippen LogP contribution in [0.4, 0.5) is 0 Å². The standard InChI is InChI=1S/C20H34O/c1-7-13(2)8-10-15-14(3)9-11-17-19(4,5)12-16-18(21-16)20(15,17)6/h8,14-18H,7,9-12H2,1-6H3/t14-,15-,16?,17-,18?,20+/m0/s1. The molecule has 1 aliphatic heterocycles. The van der Waals surface area contributed by atoms with Crippen molar-refractivity contribution in [3.8, 4) is 0 Å². The summed E-state index contributed by atoms with van der Waals surface area (Å²) in [6.07, 6.45) is 10.2. The minimum Gasteiger partial charge on any atom is -0.369 e. The predicted molar refractivity (Wildman–Crippen MR) is 89.2 cm³/mol. The number of fused-ring (bicyclic) bond motifs is 3. The molecular weight excluding hydrogens is 256 g/mol. The van der Waals surface area contributed by atoms with Gasteiger partial charge in [0.15, 0.2) is 0 Å². The zero-order valence-corrected chi connectivity index (χ0v) is 14.9. The number of ether oxygens (including phenoxy) is 1. The minimum absolute atomic E-state index is 0.397. The molecule has 3 rings (SSSR count). The van der Waals surface area contributed by atoms with Gasteiger partial charge in [0, 0.05) is 5.41 Å². The van der Waals surface area contributed by atoms with Crippen molar-refractivity contribution in [2.45, 2.75) is 85.9 Å². The summed E-state index contributed by atoms with van der Waals surface area (Å²) >= 11 is 0. The van der Waals surface area contributed by atoms with Crippen LogP contribution in [-0.2, 0) is 4.74 Å². The quantitative estimate of drug-likeness (QED) is 0.487. The topological polar surface area (TPSA) is 12.5 Å². The Morgan fingerprint density at radius 3 is 2.62 bits per heavy atom. The van der Waals surface area contributed by atoms with E-state index in [0.717, 1.165) is 17.8 Å². The van der Waals surface area contributed by atoms with Crippen LogP contribution in [0.25, 0.3) is 0 Å². The van der Waals surface area contributed by atoms with Crippen molar-refractivity contribution in [1.29, 1.82) is 0 Å². The van der Waals surface area contributed by atoms with Crippen LogP contribution in [0.3, 0.4) is 0 Å². The van der Waals surface area contributed by atoms with Gasteiger partial charge in [-0.1, -0.05) is 52.7 Å². The molecule has 0 radical (unpaired) electrons. The summed E-state index contributed by atoms with van der Waals surface area (Å²) in [7, 11) is 0. The van der Waals surface area contributed by atoms with E-state index >= 15 is 0 Å². The third kappa shape index (κ3) is 2.40. The molecular formula is C20H34O. The van der Waals surface area contributed by atoms with Crippen LogP contribution in [0, 0.1) is 28.6 Å². The molecule has 0 spiro atoms. The lowest BCUT2D eigenvalue weighted by Crippen LogP contribution is -2.55. The Bertz CT molecular complexity index is 435. The lowest BCUT2D eigenvalue weighted by Gasteiger charge is -2.57. The van der Waals surface area contributed by atoms with Crippen LogP contribution in [0.2, 0.25) is 0 Å². The van der Waals surface area contributed by atoms with Gasteiger partial charge in [0.2, 0.25) is 0 Å². The van der Waals surface area contributed by atoms with E-state index in [9.17, 15) is 0 Å². The monoisotopic (exact) mass is 290 g/mol. The largest absolute Gasteiger partial charge is 0.369 e. The summed E-state index contributed by atoms with van der Waals surface area (Å²) in [5.41, 5.74) is 2.40. The van der Waals surface area contributed by atoms with E-state index in [1.807, 2.05) is 0 Å². The molecule has 0 N–H and O–H groups in total. The van der Waals surface area contributed by atoms with Crippen molar-refractivity contribution >= 4 is 0 Å². The van der Waals surface area contributed by atoms with E-state index in [-0.39, 0.29) is 0 Å². The lowest BCUT2D eigenvalue weighted by molar-refractivity contribution is -0.0832. The van der Waals surface area contributed by atoms with Gasteiger partial charge in [-0.05, 0) is 55.8 Å². The van der Waals surface area contributed by atoms with E-state index in [2.05, 4.69) is 47.6 Å². The van der Waals surface area contributed by atoms with Gasteiger partial charge in [-0.2, -0.15) is 0 Å². The maximum absolute atomic E-state index is 6.18. The van der Waals surface area contributed by atoms with E-state index in [4.69, 9.17) is 4.74 Å². The first-order valence-electron chi connectivity index (χ1n) is 9.11. The second kappa shape index (κ2) is 5.11. The molecule has 3 fully saturated rings. The molecule has 0 aromatic carbocycles. The zero-order valence-electron chi connectivity index (χ0n) is 14.9. The average Bonchev–Trinajstić information content (AvgIpc) is 3.16. The molecule has 2 saturated carbocycles. The highest BCUT2D eigenvalue weighted by atomic mass is 16.6. The maximum atomic E-state index is 6.18. The van der Waals surface area contributed by atoms with Gasteiger partial charge in [0.25, 0.3) is 0 Å². The number of epoxide rings is 1. The van der Waals surface area contributed by atoms with Crippen molar-refractivity contribution in [3.63, 3.8) is 0 Å². The predicted octanol–water partition coefficient (Wildman–Crippen LogP) is 5.60. The van der Waals surface area contributed by atoms with Gasteiger partial charge in [-0.15, -0.1) is 0 Å². The normalized spacial score (nSPS) is 48.5. The molecule has 0 aromatic rings. The number of hydrogen-bond acceptors (Lipinski definition) is 1. The fourth-order valence-corrected chi connectivity index (χ4v) is 5.92. The second-order valence-corrected chi connectivity index (χ2v) is 9.01. The summed E-state index contributed by atoms with van der Waals surface area (Å²) in [4.78, 5) is 0. The summed E-state index contributed by atoms with van der Waals surface area (Å²) in [5.74, 6) is 2.48. The van der Waals surface area contributed by atoms with Gasteiger partial charge < -0.3 is 4.74 Å². The van der Waals surface area contributed by atoms with Crippen molar-refractivity contribution < 1.29 is 4.74 Å². The Balaban J connectivity index is 1.90. The third-order valence-electron chi connectivity index (χ3n) is 7.29. The fourth-order valence-electron chi connectivity index (χ4n) is 5.92. The Hall–Kier alpha value is -0.300. The molecule has 0 amide bonds. The van der Waals surface area contributed by atoms with Gasteiger partial charge in [0.05, 0.1) is 12.2 Å². The van der Waals surface area contributed by atoms with Crippen LogP contribution < -0.4 is 0 Å².